The molecule has 0 radical (unpaired) electrons. The fraction of sp³-hybridized carbons (Fsp3) is 0.176. The first kappa shape index (κ1) is 17.8. The molecule has 0 aromatic carbocycles. The zero-order chi connectivity index (χ0) is 19.8. The molecule has 4 aromatic heterocycles. The zero-order valence-corrected chi connectivity index (χ0v) is 15.9. The first-order chi connectivity index (χ1) is 13.4. The fourth-order valence-electron chi connectivity index (χ4n) is 2.89. The molecule has 0 aliphatic carbocycles. The number of anilines is 2. The van der Waals surface area contributed by atoms with E-state index in [9.17, 15) is 4.79 Å². The minimum Gasteiger partial charge on any atom is -0.454 e. The van der Waals surface area contributed by atoms with E-state index in [-0.39, 0.29) is 24.3 Å². The highest BCUT2D eigenvalue weighted by atomic mass is 32.1. The normalized spacial score (nSPS) is 11.1. The minimum absolute atomic E-state index is 0.0343. The van der Waals surface area contributed by atoms with Crippen LogP contribution < -0.4 is 11.5 Å². The number of carbonyl (C=O) groups excluding carboxylic acids is 1. The Bertz CT molecular complexity index is 1170. The lowest BCUT2D eigenvalue weighted by Gasteiger charge is -2.08. The molecule has 4 heterocycles. The van der Waals surface area contributed by atoms with Crippen LogP contribution in [0, 0.1) is 6.92 Å². The van der Waals surface area contributed by atoms with Crippen molar-refractivity contribution in [3.05, 3.63) is 40.7 Å². The summed E-state index contributed by atoms with van der Waals surface area (Å²) in [5.41, 5.74) is 13.4. The summed E-state index contributed by atoms with van der Waals surface area (Å²) in [7, 11) is 1.78. The minimum atomic E-state index is -0.543. The van der Waals surface area contributed by atoms with Gasteiger partial charge < -0.3 is 16.2 Å². The number of nitrogens with two attached hydrogens (primary N) is 2. The van der Waals surface area contributed by atoms with E-state index >= 15 is 0 Å². The van der Waals surface area contributed by atoms with Gasteiger partial charge in [-0.15, -0.1) is 11.3 Å². The molecule has 142 valence electrons. The summed E-state index contributed by atoms with van der Waals surface area (Å²) in [6, 6.07) is 5.57. The predicted molar refractivity (Wildman–Crippen MR) is 104 cm³/mol. The summed E-state index contributed by atoms with van der Waals surface area (Å²) in [4.78, 5) is 30.0. The van der Waals surface area contributed by atoms with Crippen molar-refractivity contribution in [1.29, 1.82) is 0 Å². The number of hydrogen-bond donors (Lipinski definition) is 2. The van der Waals surface area contributed by atoms with Crippen molar-refractivity contribution >= 4 is 40.2 Å². The van der Waals surface area contributed by atoms with Crippen molar-refractivity contribution in [3.8, 4) is 10.6 Å². The molecule has 0 aliphatic heterocycles. The lowest BCUT2D eigenvalue weighted by atomic mass is 10.1. The van der Waals surface area contributed by atoms with E-state index in [2.05, 4.69) is 25.0 Å². The lowest BCUT2D eigenvalue weighted by molar-refractivity contribution is 0.0464. The van der Waals surface area contributed by atoms with E-state index < -0.39 is 5.97 Å². The van der Waals surface area contributed by atoms with Crippen LogP contribution in [-0.4, -0.2) is 35.7 Å². The van der Waals surface area contributed by atoms with E-state index in [0.717, 1.165) is 4.88 Å². The first-order valence-electron chi connectivity index (χ1n) is 8.23. The average molecular weight is 396 g/mol. The Morgan fingerprint density at radius 2 is 1.96 bits per heavy atom. The molecule has 0 saturated heterocycles. The summed E-state index contributed by atoms with van der Waals surface area (Å²) in [6.45, 7) is 1.63. The Morgan fingerprint density at radius 1 is 1.21 bits per heavy atom. The molecule has 4 rings (SSSR count). The second-order valence-corrected chi connectivity index (χ2v) is 6.93. The molecule has 11 heteroatoms. The summed E-state index contributed by atoms with van der Waals surface area (Å²) < 4.78 is 7.05. The third-order valence-corrected chi connectivity index (χ3v) is 4.90. The van der Waals surface area contributed by atoms with Crippen molar-refractivity contribution < 1.29 is 9.53 Å². The number of carbonyl (C=O) groups is 1. The van der Waals surface area contributed by atoms with E-state index in [0.29, 0.717) is 28.0 Å². The van der Waals surface area contributed by atoms with Crippen molar-refractivity contribution in [3.63, 3.8) is 0 Å². The second-order valence-electron chi connectivity index (χ2n) is 5.98. The number of pyridine rings is 1. The Morgan fingerprint density at radius 3 is 2.64 bits per heavy atom. The predicted octanol–water partition coefficient (Wildman–Crippen LogP) is 1.71. The van der Waals surface area contributed by atoms with Gasteiger partial charge in [-0.2, -0.15) is 20.1 Å². The molecule has 0 saturated carbocycles. The van der Waals surface area contributed by atoms with E-state index in [1.807, 2.05) is 24.4 Å². The van der Waals surface area contributed by atoms with E-state index in [4.69, 9.17) is 16.2 Å². The van der Waals surface area contributed by atoms with Gasteiger partial charge in [-0.3, -0.25) is 4.68 Å². The molecule has 4 N–H and O–H groups in total. The molecule has 10 nitrogen and oxygen atoms in total. The van der Waals surface area contributed by atoms with Gasteiger partial charge in [-0.25, -0.2) is 9.78 Å². The molecule has 0 amide bonds. The molecular weight excluding hydrogens is 380 g/mol. The summed E-state index contributed by atoms with van der Waals surface area (Å²) in [5.74, 6) is -0.440. The molecule has 0 atom stereocenters. The zero-order valence-electron chi connectivity index (χ0n) is 15.1. The van der Waals surface area contributed by atoms with Crippen LogP contribution in [0.25, 0.3) is 21.6 Å². The van der Waals surface area contributed by atoms with Crippen LogP contribution in [0.5, 0.6) is 0 Å². The van der Waals surface area contributed by atoms with Crippen LogP contribution in [-0.2, 0) is 18.4 Å². The molecule has 0 aliphatic rings. The maximum Gasteiger partial charge on any atom is 0.339 e. The van der Waals surface area contributed by atoms with Crippen molar-refractivity contribution in [2.24, 2.45) is 7.05 Å². The van der Waals surface area contributed by atoms with Gasteiger partial charge in [0.1, 0.15) is 0 Å². The summed E-state index contributed by atoms with van der Waals surface area (Å²) >= 11 is 1.53. The van der Waals surface area contributed by atoms with Gasteiger partial charge in [0.2, 0.25) is 11.9 Å². The van der Waals surface area contributed by atoms with E-state index in [1.165, 1.54) is 11.3 Å². The molecule has 28 heavy (non-hydrogen) atoms. The Balaban J connectivity index is 1.73. The smallest absolute Gasteiger partial charge is 0.339 e. The lowest BCUT2D eigenvalue weighted by Crippen LogP contribution is -2.12. The van der Waals surface area contributed by atoms with Crippen molar-refractivity contribution in [2.75, 3.05) is 11.5 Å². The van der Waals surface area contributed by atoms with Crippen LogP contribution in [0.2, 0.25) is 0 Å². The average Bonchev–Trinajstić information content (AvgIpc) is 3.27. The SMILES string of the molecule is Cc1nn(C)c2nc(-c3cccs3)cc(C(=O)OCc3nc(N)nc(N)n3)c12. The summed E-state index contributed by atoms with van der Waals surface area (Å²) in [5, 5.41) is 6.97. The second kappa shape index (κ2) is 6.85. The molecule has 4 aromatic rings. The number of ether oxygens (including phenoxy) is 1. The molecular formula is C17H16N8O2S. The van der Waals surface area contributed by atoms with Crippen molar-refractivity contribution in [1.82, 2.24) is 29.7 Å². The number of fused-ring (bicyclic) bond motifs is 1. The van der Waals surface area contributed by atoms with Gasteiger partial charge in [0.05, 0.1) is 27.2 Å². The molecule has 0 unspecified atom stereocenters. The molecule has 0 bridgehead atoms. The highest BCUT2D eigenvalue weighted by molar-refractivity contribution is 7.13. The topological polar surface area (TPSA) is 148 Å². The Labute approximate surface area is 163 Å². The number of aryl methyl sites for hydroxylation is 2. The number of thiophene rings is 1. The monoisotopic (exact) mass is 396 g/mol. The molecule has 0 spiro atoms. The van der Waals surface area contributed by atoms with Gasteiger partial charge >= 0.3 is 5.97 Å². The van der Waals surface area contributed by atoms with Gasteiger partial charge in [0.15, 0.2) is 18.1 Å². The Hall–Kier alpha value is -3.60. The van der Waals surface area contributed by atoms with Gasteiger partial charge in [0, 0.05) is 7.05 Å². The summed E-state index contributed by atoms with van der Waals surface area (Å²) in [6.07, 6.45) is 0. The third kappa shape index (κ3) is 3.22. The quantitative estimate of drug-likeness (QED) is 0.492. The highest BCUT2D eigenvalue weighted by Gasteiger charge is 2.21. The highest BCUT2D eigenvalue weighted by Crippen LogP contribution is 2.29. The number of esters is 1. The van der Waals surface area contributed by atoms with Gasteiger partial charge in [-0.1, -0.05) is 6.07 Å². The van der Waals surface area contributed by atoms with Crippen LogP contribution in [0.4, 0.5) is 11.9 Å². The van der Waals surface area contributed by atoms with Crippen LogP contribution >= 0.6 is 11.3 Å². The number of nitrogen functional groups attached to an aromatic ring is 2. The number of rotatable bonds is 4. The number of hydrogen-bond acceptors (Lipinski definition) is 10. The number of nitrogens with zero attached hydrogens (tertiary/aromatic N) is 6. The van der Waals surface area contributed by atoms with E-state index in [1.54, 1.807) is 17.8 Å². The Kier molecular flexibility index (Phi) is 4.35. The number of aromatic nitrogens is 6. The standard InChI is InChI=1S/C17H16N8O2S/c1-8-13-9(15(26)27-7-12-21-16(18)23-17(19)22-12)6-10(11-4-3-5-28-11)20-14(13)25(2)24-8/h3-6H,7H2,1-2H3,(H4,18,19,21,22,23). The van der Waals surface area contributed by atoms with Crippen molar-refractivity contribution in [2.45, 2.75) is 13.5 Å². The van der Waals surface area contributed by atoms with Gasteiger partial charge in [-0.05, 0) is 24.4 Å². The van der Waals surface area contributed by atoms with Gasteiger partial charge in [0.25, 0.3) is 0 Å². The van der Waals surface area contributed by atoms with Crippen LogP contribution in [0.3, 0.4) is 0 Å². The van der Waals surface area contributed by atoms with Crippen LogP contribution in [0.15, 0.2) is 23.6 Å². The molecule has 0 fully saturated rings. The van der Waals surface area contributed by atoms with Crippen LogP contribution in [0.1, 0.15) is 21.9 Å². The first-order valence-corrected chi connectivity index (χ1v) is 9.11. The largest absolute Gasteiger partial charge is 0.454 e. The third-order valence-electron chi connectivity index (χ3n) is 4.01. The maximum atomic E-state index is 12.9. The maximum absolute atomic E-state index is 12.9. The fourth-order valence-corrected chi connectivity index (χ4v) is 3.57.